The molecule has 0 saturated carbocycles. The zero-order valence-electron chi connectivity index (χ0n) is 8.75. The summed E-state index contributed by atoms with van der Waals surface area (Å²) in [6.45, 7) is -0.0954. The lowest BCUT2D eigenvalue weighted by Crippen LogP contribution is -2.32. The van der Waals surface area contributed by atoms with Crippen molar-refractivity contribution < 1.29 is 19.5 Å². The number of nitrogens with one attached hydrogen (secondary N) is 1. The number of imide groups is 1. The summed E-state index contributed by atoms with van der Waals surface area (Å²) in [6, 6.07) is 2.35. The van der Waals surface area contributed by atoms with Gasteiger partial charge < -0.3 is 10.4 Å². The average Bonchev–Trinajstić information content (AvgIpc) is 2.85. The average molecular weight is 254 g/mol. The van der Waals surface area contributed by atoms with E-state index in [1.165, 1.54) is 11.3 Å². The fourth-order valence-electron chi connectivity index (χ4n) is 1.59. The lowest BCUT2D eigenvalue weighted by molar-refractivity contribution is -0.137. The van der Waals surface area contributed by atoms with Crippen LogP contribution < -0.4 is 5.32 Å². The minimum Gasteiger partial charge on any atom is -0.481 e. The number of urea groups is 1. The number of carbonyl (C=O) groups excluding carboxylic acids is 2. The standard InChI is InChI=1S/C10H10N2O4S/c13-7(14)3-4-12-9(15)8(11-10(12)16)6-2-1-5-17-6/h1-2,5,8H,3-4H2,(H,11,16)(H,13,14). The molecule has 0 bridgehead atoms. The van der Waals surface area contributed by atoms with Crippen LogP contribution in [-0.4, -0.2) is 34.5 Å². The SMILES string of the molecule is O=C(O)CCN1C(=O)NC(c2cccs2)C1=O. The van der Waals surface area contributed by atoms with Crippen LogP contribution in [0.1, 0.15) is 17.3 Å². The van der Waals surface area contributed by atoms with Crippen LogP contribution in [0.3, 0.4) is 0 Å². The molecule has 0 aromatic carbocycles. The second-order valence-electron chi connectivity index (χ2n) is 3.53. The van der Waals surface area contributed by atoms with Gasteiger partial charge in [0.1, 0.15) is 6.04 Å². The van der Waals surface area contributed by atoms with Gasteiger partial charge in [-0.3, -0.25) is 14.5 Å². The maximum absolute atomic E-state index is 11.9. The summed E-state index contributed by atoms with van der Waals surface area (Å²) in [4.78, 5) is 35.5. The van der Waals surface area contributed by atoms with Gasteiger partial charge in [0.15, 0.2) is 0 Å². The molecule has 1 unspecified atom stereocenters. The zero-order valence-corrected chi connectivity index (χ0v) is 9.57. The van der Waals surface area contributed by atoms with Crippen molar-refractivity contribution in [1.29, 1.82) is 0 Å². The van der Waals surface area contributed by atoms with Gasteiger partial charge in [-0.15, -0.1) is 11.3 Å². The van der Waals surface area contributed by atoms with E-state index >= 15 is 0 Å². The Morgan fingerprint density at radius 1 is 1.53 bits per heavy atom. The fraction of sp³-hybridized carbons (Fsp3) is 0.300. The van der Waals surface area contributed by atoms with E-state index in [-0.39, 0.29) is 13.0 Å². The summed E-state index contributed by atoms with van der Waals surface area (Å²) in [7, 11) is 0. The highest BCUT2D eigenvalue weighted by Crippen LogP contribution is 2.25. The lowest BCUT2D eigenvalue weighted by Gasteiger charge is -2.10. The number of rotatable bonds is 4. The van der Waals surface area contributed by atoms with E-state index in [1.54, 1.807) is 12.1 Å². The molecule has 1 fully saturated rings. The molecule has 90 valence electrons. The molecule has 0 spiro atoms. The molecule has 7 heteroatoms. The Hall–Kier alpha value is -1.89. The Morgan fingerprint density at radius 3 is 2.88 bits per heavy atom. The van der Waals surface area contributed by atoms with Crippen LogP contribution in [0.2, 0.25) is 0 Å². The minimum atomic E-state index is -1.04. The molecule has 17 heavy (non-hydrogen) atoms. The highest BCUT2D eigenvalue weighted by molar-refractivity contribution is 7.10. The van der Waals surface area contributed by atoms with Crippen LogP contribution in [-0.2, 0) is 9.59 Å². The number of thiophene rings is 1. The smallest absolute Gasteiger partial charge is 0.325 e. The normalized spacial score (nSPS) is 19.5. The molecule has 0 radical (unpaired) electrons. The quantitative estimate of drug-likeness (QED) is 0.779. The van der Waals surface area contributed by atoms with Crippen molar-refractivity contribution in [3.8, 4) is 0 Å². The molecular weight excluding hydrogens is 244 g/mol. The van der Waals surface area contributed by atoms with E-state index < -0.39 is 23.9 Å². The molecule has 1 aromatic rings. The van der Waals surface area contributed by atoms with E-state index in [0.717, 1.165) is 9.78 Å². The van der Waals surface area contributed by atoms with Gasteiger partial charge in [-0.1, -0.05) is 6.07 Å². The van der Waals surface area contributed by atoms with Gasteiger partial charge in [0.25, 0.3) is 5.91 Å². The Kier molecular flexibility index (Phi) is 3.10. The van der Waals surface area contributed by atoms with Crippen molar-refractivity contribution >= 4 is 29.2 Å². The molecule has 1 aliphatic heterocycles. The van der Waals surface area contributed by atoms with E-state index in [4.69, 9.17) is 5.11 Å². The topological polar surface area (TPSA) is 86.7 Å². The number of aliphatic carboxylic acids is 1. The monoisotopic (exact) mass is 254 g/mol. The number of amides is 3. The van der Waals surface area contributed by atoms with Gasteiger partial charge in [0.2, 0.25) is 0 Å². The number of carbonyl (C=O) groups is 3. The number of carboxylic acids is 1. The molecule has 6 nitrogen and oxygen atoms in total. The maximum Gasteiger partial charge on any atom is 0.325 e. The molecule has 3 amide bonds. The van der Waals surface area contributed by atoms with Gasteiger partial charge in [-0.2, -0.15) is 0 Å². The first-order valence-corrected chi connectivity index (χ1v) is 5.84. The first-order valence-electron chi connectivity index (χ1n) is 4.96. The van der Waals surface area contributed by atoms with Crippen molar-refractivity contribution in [2.24, 2.45) is 0 Å². The first kappa shape index (κ1) is 11.6. The van der Waals surface area contributed by atoms with Crippen LogP contribution in [0.25, 0.3) is 0 Å². The molecule has 1 atom stereocenters. The third kappa shape index (κ3) is 2.28. The van der Waals surface area contributed by atoms with Crippen molar-refractivity contribution in [3.63, 3.8) is 0 Å². The largest absolute Gasteiger partial charge is 0.481 e. The second kappa shape index (κ2) is 4.54. The highest BCUT2D eigenvalue weighted by atomic mass is 32.1. The summed E-state index contributed by atoms with van der Waals surface area (Å²) in [5.41, 5.74) is 0. The second-order valence-corrected chi connectivity index (χ2v) is 4.51. The molecular formula is C10H10N2O4S. The molecule has 0 aliphatic carbocycles. The van der Waals surface area contributed by atoms with Gasteiger partial charge in [0, 0.05) is 11.4 Å². The van der Waals surface area contributed by atoms with Crippen molar-refractivity contribution in [2.75, 3.05) is 6.54 Å². The Balaban J connectivity index is 2.09. The summed E-state index contributed by atoms with van der Waals surface area (Å²) in [6.07, 6.45) is -0.240. The van der Waals surface area contributed by atoms with Gasteiger partial charge in [-0.05, 0) is 11.4 Å². The molecule has 1 saturated heterocycles. The highest BCUT2D eigenvalue weighted by Gasteiger charge is 2.39. The number of carboxylic acid groups (broad SMARTS) is 1. The Bertz CT molecular complexity index is 457. The van der Waals surface area contributed by atoms with Crippen LogP contribution in [0, 0.1) is 0 Å². The fourth-order valence-corrected chi connectivity index (χ4v) is 2.35. The van der Waals surface area contributed by atoms with E-state index in [0.29, 0.717) is 0 Å². The van der Waals surface area contributed by atoms with E-state index in [1.807, 2.05) is 5.38 Å². The van der Waals surface area contributed by atoms with Crippen LogP contribution >= 0.6 is 11.3 Å². The third-order valence-electron chi connectivity index (χ3n) is 2.40. The van der Waals surface area contributed by atoms with Crippen LogP contribution in [0.15, 0.2) is 17.5 Å². The van der Waals surface area contributed by atoms with E-state index in [9.17, 15) is 14.4 Å². The van der Waals surface area contributed by atoms with E-state index in [2.05, 4.69) is 5.32 Å². The van der Waals surface area contributed by atoms with Crippen molar-refractivity contribution in [3.05, 3.63) is 22.4 Å². The number of hydrogen-bond donors (Lipinski definition) is 2. The predicted molar refractivity (Wildman–Crippen MR) is 59.6 cm³/mol. The number of hydrogen-bond acceptors (Lipinski definition) is 4. The van der Waals surface area contributed by atoms with Gasteiger partial charge >= 0.3 is 12.0 Å². The Labute approximate surface area is 101 Å². The molecule has 1 aliphatic rings. The summed E-state index contributed by atoms with van der Waals surface area (Å²) < 4.78 is 0. The molecule has 2 heterocycles. The summed E-state index contributed by atoms with van der Waals surface area (Å²) in [5.74, 6) is -1.43. The van der Waals surface area contributed by atoms with Crippen LogP contribution in [0.5, 0.6) is 0 Å². The Morgan fingerprint density at radius 2 is 2.29 bits per heavy atom. The van der Waals surface area contributed by atoms with Gasteiger partial charge in [-0.25, -0.2) is 4.79 Å². The zero-order chi connectivity index (χ0) is 12.4. The summed E-state index contributed by atoms with van der Waals surface area (Å²) in [5, 5.41) is 12.9. The maximum atomic E-state index is 11.9. The van der Waals surface area contributed by atoms with Crippen LogP contribution in [0.4, 0.5) is 4.79 Å². The minimum absolute atomic E-state index is 0.0954. The molecule has 2 N–H and O–H groups in total. The van der Waals surface area contributed by atoms with Gasteiger partial charge in [0.05, 0.1) is 6.42 Å². The molecule has 1 aromatic heterocycles. The predicted octanol–water partition coefficient (Wildman–Crippen LogP) is 0.816. The third-order valence-corrected chi connectivity index (χ3v) is 3.34. The van der Waals surface area contributed by atoms with Crippen molar-refractivity contribution in [1.82, 2.24) is 10.2 Å². The lowest BCUT2D eigenvalue weighted by atomic mass is 10.2. The molecule has 2 rings (SSSR count). The first-order chi connectivity index (χ1) is 8.09. The van der Waals surface area contributed by atoms with Crippen molar-refractivity contribution in [2.45, 2.75) is 12.5 Å². The number of nitrogens with zero attached hydrogens (tertiary/aromatic N) is 1. The summed E-state index contributed by atoms with van der Waals surface area (Å²) >= 11 is 1.37.